The summed E-state index contributed by atoms with van der Waals surface area (Å²) in [6.45, 7) is 3.10. The van der Waals surface area contributed by atoms with E-state index in [1.165, 1.54) is 6.08 Å². The highest BCUT2D eigenvalue weighted by molar-refractivity contribution is 5.65. The van der Waals surface area contributed by atoms with E-state index >= 15 is 0 Å². The van der Waals surface area contributed by atoms with Gasteiger partial charge in [-0.15, -0.1) is 0 Å². The van der Waals surface area contributed by atoms with E-state index in [-0.39, 0.29) is 6.61 Å². The van der Waals surface area contributed by atoms with Crippen molar-refractivity contribution in [1.82, 2.24) is 0 Å². The molecule has 0 heterocycles. The molecule has 0 aliphatic rings. The number of ether oxygens (including phenoxy) is 1. The normalized spacial score (nSPS) is 14.3. The molecule has 21 heavy (non-hydrogen) atoms. The third kappa shape index (κ3) is 7.77. The molecule has 1 N–H and O–H groups in total. The van der Waals surface area contributed by atoms with Crippen LogP contribution in [0.3, 0.4) is 0 Å². The van der Waals surface area contributed by atoms with Crippen molar-refractivity contribution in [3.63, 3.8) is 0 Å². The van der Waals surface area contributed by atoms with Crippen molar-refractivity contribution >= 4 is 6.29 Å². The number of diazo groups is 1. The van der Waals surface area contributed by atoms with Gasteiger partial charge in [-0.3, -0.25) is 4.79 Å². The van der Waals surface area contributed by atoms with Gasteiger partial charge in [0.25, 0.3) is 0 Å². The minimum absolute atomic E-state index is 0.280. The molecule has 0 aromatic rings. The summed E-state index contributed by atoms with van der Waals surface area (Å²) in [5.41, 5.74) is -0.434. The Morgan fingerprint density at radius 2 is 1.95 bits per heavy atom. The summed E-state index contributed by atoms with van der Waals surface area (Å²) in [7, 11) is 0. The van der Waals surface area contributed by atoms with Crippen LogP contribution in [0.5, 0.6) is 0 Å². The number of carbonyl (C=O) groups excluding carboxylic acids is 1. The van der Waals surface area contributed by atoms with Crippen LogP contribution in [-0.4, -0.2) is 24.2 Å². The van der Waals surface area contributed by atoms with Crippen molar-refractivity contribution in [3.05, 3.63) is 39.9 Å². The number of rotatable bonds is 7. The molecule has 0 rings (SSSR count). The lowest BCUT2D eigenvalue weighted by molar-refractivity contribution is -0.104. The average Bonchev–Trinajstić information content (AvgIpc) is 2.35. The van der Waals surface area contributed by atoms with Gasteiger partial charge < -0.3 is 9.84 Å². The van der Waals surface area contributed by atoms with Crippen LogP contribution in [0.1, 0.15) is 26.7 Å². The molecular formula is C13H16F3N2O3+. The van der Waals surface area contributed by atoms with Crippen LogP contribution >= 0.6 is 0 Å². The van der Waals surface area contributed by atoms with Gasteiger partial charge in [0.2, 0.25) is 5.39 Å². The van der Waals surface area contributed by atoms with E-state index < -0.39 is 17.8 Å². The van der Waals surface area contributed by atoms with Crippen LogP contribution < -0.4 is 0 Å². The Hall–Kier alpha value is -2.30. The number of alkyl halides is 3. The first-order valence-corrected chi connectivity index (χ1v) is 5.97. The molecule has 0 spiro atoms. The maximum Gasteiger partial charge on any atom is 0.543 e. The van der Waals surface area contributed by atoms with E-state index in [2.05, 4.69) is 4.74 Å². The highest BCUT2D eigenvalue weighted by Gasteiger charge is 2.51. The molecule has 0 radical (unpaired) electrons. The van der Waals surface area contributed by atoms with E-state index in [0.717, 1.165) is 5.57 Å². The monoisotopic (exact) mass is 305 g/mol. The van der Waals surface area contributed by atoms with Crippen molar-refractivity contribution in [2.45, 2.75) is 32.9 Å². The summed E-state index contributed by atoms with van der Waals surface area (Å²) < 4.78 is 41.3. The lowest BCUT2D eigenvalue weighted by Crippen LogP contribution is -2.13. The standard InChI is InChI=1S/C13H15F3N2O3/c1-9(6-7-19)4-3-5-10(2)8-21-12(20)11(18-17)13(14,15)16/h5-7H,3-4,8H2,1-2H3/p+1/b9-6+,10-5+,12-11-. The van der Waals surface area contributed by atoms with E-state index in [0.29, 0.717) is 24.7 Å². The quantitative estimate of drug-likeness (QED) is 0.253. The molecule has 0 aliphatic heterocycles. The number of halogens is 3. The lowest BCUT2D eigenvalue weighted by atomic mass is 10.1. The Labute approximate surface area is 120 Å². The molecule has 0 atom stereocenters. The fraction of sp³-hybridized carbons (Fsp3) is 0.462. The van der Waals surface area contributed by atoms with E-state index in [9.17, 15) is 18.0 Å². The van der Waals surface area contributed by atoms with Crippen LogP contribution in [0.2, 0.25) is 0 Å². The Bertz CT molecular complexity index is 500. The van der Waals surface area contributed by atoms with Gasteiger partial charge in [-0.25, -0.2) is 0 Å². The number of hydrogen-bond donors (Lipinski definition) is 1. The van der Waals surface area contributed by atoms with Gasteiger partial charge in [-0.2, -0.15) is 13.2 Å². The number of hydrogen-bond acceptors (Lipinski definition) is 4. The predicted octanol–water partition coefficient (Wildman–Crippen LogP) is 4.02. The molecule has 0 amide bonds. The molecule has 0 saturated heterocycles. The molecule has 0 aliphatic carbocycles. The van der Waals surface area contributed by atoms with Crippen molar-refractivity contribution in [2.75, 3.05) is 6.61 Å². The van der Waals surface area contributed by atoms with E-state index in [1.54, 1.807) is 19.9 Å². The first-order chi connectivity index (χ1) is 9.72. The van der Waals surface area contributed by atoms with E-state index in [1.807, 2.05) is 4.98 Å². The lowest BCUT2D eigenvalue weighted by Gasteiger charge is -2.04. The minimum Gasteiger partial charge on any atom is -0.475 e. The van der Waals surface area contributed by atoms with Gasteiger partial charge in [-0.1, -0.05) is 11.6 Å². The van der Waals surface area contributed by atoms with Gasteiger partial charge in [0.15, 0.2) is 4.98 Å². The number of aliphatic hydroxyl groups excluding tert-OH is 1. The highest BCUT2D eigenvalue weighted by Crippen LogP contribution is 2.28. The molecule has 0 aromatic heterocycles. The zero-order valence-electron chi connectivity index (χ0n) is 11.6. The topological polar surface area (TPSA) is 74.7 Å². The molecule has 0 unspecified atom stereocenters. The number of aldehydes is 1. The Morgan fingerprint density at radius 3 is 2.43 bits per heavy atom. The van der Waals surface area contributed by atoms with Crippen LogP contribution in [0.15, 0.2) is 34.9 Å². The van der Waals surface area contributed by atoms with Crippen molar-refractivity contribution in [2.24, 2.45) is 0 Å². The van der Waals surface area contributed by atoms with Crippen LogP contribution in [0.25, 0.3) is 4.98 Å². The van der Waals surface area contributed by atoms with Gasteiger partial charge in [0, 0.05) is 0 Å². The Morgan fingerprint density at radius 1 is 1.33 bits per heavy atom. The molecule has 0 bridgehead atoms. The SMILES string of the molecule is C/C(=C\C=O)CC/C=C(\C)CO/C(O)=C(\[N+]#N)C(F)(F)F. The largest absolute Gasteiger partial charge is 0.543 e. The van der Waals surface area contributed by atoms with Gasteiger partial charge in [0.05, 0.1) is 0 Å². The second kappa shape index (κ2) is 8.79. The fourth-order valence-electron chi connectivity index (χ4n) is 1.28. The zero-order chi connectivity index (χ0) is 16.5. The van der Waals surface area contributed by atoms with Crippen molar-refractivity contribution in [3.8, 4) is 0 Å². The molecule has 8 heteroatoms. The second-order valence-corrected chi connectivity index (χ2v) is 4.28. The fourth-order valence-corrected chi connectivity index (χ4v) is 1.28. The Kier molecular flexibility index (Phi) is 7.83. The van der Waals surface area contributed by atoms with Crippen molar-refractivity contribution < 1.29 is 27.8 Å². The summed E-state index contributed by atoms with van der Waals surface area (Å²) in [6, 6.07) is 0. The Balaban J connectivity index is 4.52. The first-order valence-electron chi connectivity index (χ1n) is 5.97. The summed E-state index contributed by atoms with van der Waals surface area (Å²) in [5.74, 6) is -1.49. The maximum atomic E-state index is 12.3. The smallest absolute Gasteiger partial charge is 0.475 e. The minimum atomic E-state index is -5.01. The summed E-state index contributed by atoms with van der Waals surface area (Å²) >= 11 is 0. The molecule has 5 nitrogen and oxygen atoms in total. The average molecular weight is 305 g/mol. The van der Waals surface area contributed by atoms with E-state index in [4.69, 9.17) is 10.5 Å². The molecular weight excluding hydrogens is 289 g/mol. The van der Waals surface area contributed by atoms with Gasteiger partial charge in [-0.05, 0) is 38.3 Å². The zero-order valence-corrected chi connectivity index (χ0v) is 11.6. The molecule has 0 fully saturated rings. The highest BCUT2D eigenvalue weighted by atomic mass is 19.4. The van der Waals surface area contributed by atoms with Crippen LogP contribution in [-0.2, 0) is 9.53 Å². The third-order valence-corrected chi connectivity index (χ3v) is 2.39. The summed E-state index contributed by atoms with van der Waals surface area (Å²) in [6.07, 6.45) is -0.00249. The first kappa shape index (κ1) is 18.7. The van der Waals surface area contributed by atoms with Gasteiger partial charge >= 0.3 is 17.8 Å². The number of allylic oxidation sites excluding steroid dienone is 4. The predicted molar refractivity (Wildman–Crippen MR) is 69.6 cm³/mol. The van der Waals surface area contributed by atoms with Crippen LogP contribution in [0.4, 0.5) is 13.2 Å². The summed E-state index contributed by atoms with van der Waals surface area (Å²) in [4.78, 5) is 12.2. The number of nitrogens with zero attached hydrogens (tertiary/aromatic N) is 2. The maximum absolute atomic E-state index is 12.3. The van der Waals surface area contributed by atoms with Crippen molar-refractivity contribution in [1.29, 1.82) is 5.39 Å². The second-order valence-electron chi connectivity index (χ2n) is 4.28. The molecule has 116 valence electrons. The van der Waals surface area contributed by atoms with Gasteiger partial charge in [0.1, 0.15) is 12.9 Å². The summed E-state index contributed by atoms with van der Waals surface area (Å²) in [5, 5.41) is 17.3. The molecule has 0 aromatic carbocycles. The van der Waals surface area contributed by atoms with Crippen LogP contribution in [0, 0.1) is 5.39 Å². The molecule has 0 saturated carbocycles. The number of aliphatic hydroxyl groups is 1. The third-order valence-electron chi connectivity index (χ3n) is 2.39. The number of carbonyl (C=O) groups is 1.